The fraction of sp³-hybridized carbons (Fsp3) is 0.476. The second kappa shape index (κ2) is 8.24. The summed E-state index contributed by atoms with van der Waals surface area (Å²) in [6, 6.07) is 5.76. The second-order valence-corrected chi connectivity index (χ2v) is 7.48. The van der Waals surface area contributed by atoms with E-state index in [4.69, 9.17) is 9.47 Å². The van der Waals surface area contributed by atoms with Crippen LogP contribution in [0.2, 0.25) is 0 Å². The molecule has 0 bridgehead atoms. The number of amides is 1. The Balaban J connectivity index is 1.53. The van der Waals surface area contributed by atoms with Gasteiger partial charge in [-0.25, -0.2) is 9.97 Å². The number of hydrogen-bond acceptors (Lipinski definition) is 7. The highest BCUT2D eigenvalue weighted by Crippen LogP contribution is 2.33. The lowest BCUT2D eigenvalue weighted by atomic mass is 9.99. The van der Waals surface area contributed by atoms with Gasteiger partial charge in [-0.3, -0.25) is 4.79 Å². The maximum absolute atomic E-state index is 12.9. The lowest BCUT2D eigenvalue weighted by Crippen LogP contribution is -2.47. The SMILES string of the molecule is COc1cc2c(cc1OC)CN(c1nccc(C(=O)N3CCN(C)CC3)n1)CC2. The van der Waals surface area contributed by atoms with Crippen LogP contribution in [0.25, 0.3) is 0 Å². The Morgan fingerprint density at radius 3 is 2.38 bits per heavy atom. The van der Waals surface area contributed by atoms with E-state index in [0.29, 0.717) is 23.9 Å². The zero-order chi connectivity index (χ0) is 20.4. The van der Waals surface area contributed by atoms with Gasteiger partial charge in [0.1, 0.15) is 5.69 Å². The summed E-state index contributed by atoms with van der Waals surface area (Å²) in [6.45, 7) is 4.69. The lowest BCUT2D eigenvalue weighted by Gasteiger charge is -2.32. The number of carbonyl (C=O) groups excluding carboxylic acids is 1. The van der Waals surface area contributed by atoms with E-state index in [-0.39, 0.29) is 5.91 Å². The average Bonchev–Trinajstić information content (AvgIpc) is 2.77. The van der Waals surface area contributed by atoms with Gasteiger partial charge < -0.3 is 24.2 Å². The topological polar surface area (TPSA) is 71.0 Å². The van der Waals surface area contributed by atoms with Gasteiger partial charge in [0.05, 0.1) is 14.2 Å². The zero-order valence-corrected chi connectivity index (χ0v) is 17.2. The number of fused-ring (bicyclic) bond motifs is 1. The average molecular weight is 397 g/mol. The molecular formula is C21H27N5O3. The summed E-state index contributed by atoms with van der Waals surface area (Å²) in [5.74, 6) is 2.03. The minimum atomic E-state index is -0.0226. The standard InChI is InChI=1S/C21H27N5O3/c1-24-8-10-25(11-9-24)20(27)17-4-6-22-21(23-17)26-7-5-15-12-18(28-2)19(29-3)13-16(15)14-26/h4,6,12-13H,5,7-11,14H2,1-3H3. The number of methoxy groups -OCH3 is 2. The molecule has 1 fully saturated rings. The first-order chi connectivity index (χ1) is 14.1. The molecule has 0 unspecified atom stereocenters. The third kappa shape index (κ3) is 3.98. The molecule has 4 rings (SSSR count). The van der Waals surface area contributed by atoms with E-state index in [0.717, 1.165) is 50.5 Å². The highest BCUT2D eigenvalue weighted by Gasteiger charge is 2.24. The van der Waals surface area contributed by atoms with E-state index in [1.165, 1.54) is 5.56 Å². The Morgan fingerprint density at radius 2 is 1.69 bits per heavy atom. The number of anilines is 1. The summed E-state index contributed by atoms with van der Waals surface area (Å²) in [6.07, 6.45) is 2.53. The predicted molar refractivity (Wildman–Crippen MR) is 110 cm³/mol. The molecule has 0 spiro atoms. The van der Waals surface area contributed by atoms with Gasteiger partial charge in [-0.2, -0.15) is 0 Å². The van der Waals surface area contributed by atoms with E-state index in [2.05, 4.69) is 26.8 Å². The van der Waals surface area contributed by atoms with E-state index in [9.17, 15) is 4.79 Å². The monoisotopic (exact) mass is 397 g/mol. The molecule has 29 heavy (non-hydrogen) atoms. The van der Waals surface area contributed by atoms with Crippen LogP contribution in [-0.2, 0) is 13.0 Å². The van der Waals surface area contributed by atoms with Crippen LogP contribution < -0.4 is 14.4 Å². The highest BCUT2D eigenvalue weighted by molar-refractivity contribution is 5.92. The van der Waals surface area contributed by atoms with E-state index in [1.807, 2.05) is 17.0 Å². The van der Waals surface area contributed by atoms with Crippen LogP contribution in [0.3, 0.4) is 0 Å². The number of rotatable bonds is 4. The van der Waals surface area contributed by atoms with Crippen LogP contribution in [0.5, 0.6) is 11.5 Å². The Labute approximate surface area is 171 Å². The predicted octanol–water partition coefficient (Wildman–Crippen LogP) is 1.44. The van der Waals surface area contributed by atoms with Crippen molar-refractivity contribution in [2.45, 2.75) is 13.0 Å². The molecule has 8 heteroatoms. The van der Waals surface area contributed by atoms with Crippen LogP contribution in [0.4, 0.5) is 5.95 Å². The molecule has 0 saturated carbocycles. The van der Waals surface area contributed by atoms with Gasteiger partial charge in [0.25, 0.3) is 5.91 Å². The summed E-state index contributed by atoms with van der Waals surface area (Å²) >= 11 is 0. The number of piperazine rings is 1. The van der Waals surface area contributed by atoms with Crippen molar-refractivity contribution in [3.63, 3.8) is 0 Å². The number of carbonyl (C=O) groups is 1. The molecule has 2 aromatic rings. The largest absolute Gasteiger partial charge is 0.493 e. The Hall–Kier alpha value is -2.87. The maximum Gasteiger partial charge on any atom is 0.272 e. The van der Waals surface area contributed by atoms with Gasteiger partial charge in [-0.15, -0.1) is 0 Å². The van der Waals surface area contributed by atoms with Gasteiger partial charge in [-0.1, -0.05) is 0 Å². The van der Waals surface area contributed by atoms with Crippen molar-refractivity contribution in [3.8, 4) is 11.5 Å². The van der Waals surface area contributed by atoms with E-state index < -0.39 is 0 Å². The third-order valence-electron chi connectivity index (χ3n) is 5.65. The Morgan fingerprint density at radius 1 is 1.00 bits per heavy atom. The van der Waals surface area contributed by atoms with Crippen LogP contribution in [0.1, 0.15) is 21.6 Å². The summed E-state index contributed by atoms with van der Waals surface area (Å²) in [5.41, 5.74) is 2.86. The fourth-order valence-corrected chi connectivity index (χ4v) is 3.85. The number of nitrogens with zero attached hydrogens (tertiary/aromatic N) is 5. The molecule has 1 saturated heterocycles. The highest BCUT2D eigenvalue weighted by atomic mass is 16.5. The zero-order valence-electron chi connectivity index (χ0n) is 17.2. The summed E-state index contributed by atoms with van der Waals surface area (Å²) in [4.78, 5) is 28.1. The summed E-state index contributed by atoms with van der Waals surface area (Å²) < 4.78 is 10.9. The lowest BCUT2D eigenvalue weighted by molar-refractivity contribution is 0.0658. The van der Waals surface area contributed by atoms with Crippen molar-refractivity contribution < 1.29 is 14.3 Å². The number of hydrogen-bond donors (Lipinski definition) is 0. The van der Waals surface area contributed by atoms with Crippen molar-refractivity contribution >= 4 is 11.9 Å². The molecule has 1 amide bonds. The Bertz CT molecular complexity index is 896. The van der Waals surface area contributed by atoms with Gasteiger partial charge >= 0.3 is 0 Å². The molecule has 1 aromatic carbocycles. The minimum absolute atomic E-state index is 0.0226. The molecule has 2 aliphatic heterocycles. The summed E-state index contributed by atoms with van der Waals surface area (Å²) in [7, 11) is 5.36. The van der Waals surface area contributed by atoms with Gasteiger partial charge in [0, 0.05) is 45.5 Å². The van der Waals surface area contributed by atoms with Crippen LogP contribution >= 0.6 is 0 Å². The first-order valence-electron chi connectivity index (χ1n) is 9.88. The normalized spacial score (nSPS) is 17.1. The van der Waals surface area contributed by atoms with Crippen molar-refractivity contribution in [1.29, 1.82) is 0 Å². The minimum Gasteiger partial charge on any atom is -0.493 e. The molecule has 0 N–H and O–H groups in total. The fourth-order valence-electron chi connectivity index (χ4n) is 3.85. The number of likely N-dealkylation sites (N-methyl/N-ethyl adjacent to an activating group) is 1. The third-order valence-corrected chi connectivity index (χ3v) is 5.65. The molecule has 154 valence electrons. The van der Waals surface area contributed by atoms with Crippen molar-refractivity contribution in [2.75, 3.05) is 58.9 Å². The molecule has 8 nitrogen and oxygen atoms in total. The van der Waals surface area contributed by atoms with Crippen molar-refractivity contribution in [3.05, 3.63) is 41.2 Å². The van der Waals surface area contributed by atoms with Gasteiger partial charge in [0.15, 0.2) is 11.5 Å². The molecule has 1 aromatic heterocycles. The molecule has 3 heterocycles. The smallest absolute Gasteiger partial charge is 0.272 e. The van der Waals surface area contributed by atoms with Crippen LogP contribution in [-0.4, -0.2) is 79.7 Å². The molecule has 0 atom stereocenters. The van der Waals surface area contributed by atoms with Gasteiger partial charge in [-0.05, 0) is 42.8 Å². The summed E-state index contributed by atoms with van der Waals surface area (Å²) in [5, 5.41) is 0. The Kier molecular flexibility index (Phi) is 5.53. The van der Waals surface area contributed by atoms with E-state index in [1.54, 1.807) is 26.5 Å². The first-order valence-corrected chi connectivity index (χ1v) is 9.88. The first kappa shape index (κ1) is 19.4. The molecular weight excluding hydrogens is 370 g/mol. The number of aromatic nitrogens is 2. The molecule has 0 radical (unpaired) electrons. The van der Waals surface area contributed by atoms with Crippen molar-refractivity contribution in [2.24, 2.45) is 0 Å². The van der Waals surface area contributed by atoms with E-state index >= 15 is 0 Å². The molecule has 2 aliphatic rings. The maximum atomic E-state index is 12.9. The number of benzene rings is 1. The van der Waals surface area contributed by atoms with Gasteiger partial charge in [0.2, 0.25) is 5.95 Å². The van der Waals surface area contributed by atoms with Crippen LogP contribution in [0, 0.1) is 0 Å². The second-order valence-electron chi connectivity index (χ2n) is 7.48. The van der Waals surface area contributed by atoms with Crippen LogP contribution in [0.15, 0.2) is 24.4 Å². The number of ether oxygens (including phenoxy) is 2. The van der Waals surface area contributed by atoms with Crippen molar-refractivity contribution in [1.82, 2.24) is 19.8 Å². The molecule has 0 aliphatic carbocycles. The quantitative estimate of drug-likeness (QED) is 0.773.